The molecule has 1 amide bonds. The van der Waals surface area contributed by atoms with Crippen LogP contribution in [0.25, 0.3) is 0 Å². The molecule has 0 atom stereocenters. The molecular weight excluding hydrogens is 380 g/mol. The van der Waals surface area contributed by atoms with Gasteiger partial charge in [-0.15, -0.1) is 0 Å². The number of carbonyl (C=O) groups is 1. The number of aliphatic imine (C=N–C) groups is 1. The summed E-state index contributed by atoms with van der Waals surface area (Å²) >= 11 is 0. The molecule has 1 aliphatic rings. The number of pyridine rings is 1. The van der Waals surface area contributed by atoms with E-state index in [9.17, 15) is 13.2 Å². The molecule has 1 aromatic carbocycles. The molecule has 2 N–H and O–H groups in total. The Hall–Kier alpha value is -2.94. The van der Waals surface area contributed by atoms with Crippen LogP contribution < -0.4 is 14.8 Å². The summed E-state index contributed by atoms with van der Waals surface area (Å²) in [5, 5.41) is 2.81. The first-order valence-electron chi connectivity index (χ1n) is 8.91. The van der Waals surface area contributed by atoms with Crippen molar-refractivity contribution in [3.8, 4) is 5.88 Å². The molecular formula is C19H22N4O4S. The molecule has 2 aromatic rings. The molecule has 1 aliphatic heterocycles. The van der Waals surface area contributed by atoms with Gasteiger partial charge < -0.3 is 10.1 Å². The summed E-state index contributed by atoms with van der Waals surface area (Å²) in [5.41, 5.74) is 1.31. The standard InChI is InChI=1S/C19H22N4O4S/c1-13(2)27-19-14(6-5-10-21-19)12-22-17(24)9-11-20-18-15-7-3-4-8-16(15)28(25,26)23-18/h3-8,10,13H,9,11-12H2,1-2H3,(H,20,23)(H,22,24). The largest absolute Gasteiger partial charge is 0.475 e. The molecule has 0 bridgehead atoms. The Bertz CT molecular complexity index is 1000. The molecule has 0 unspecified atom stereocenters. The van der Waals surface area contributed by atoms with Crippen LogP contribution >= 0.6 is 0 Å². The van der Waals surface area contributed by atoms with E-state index >= 15 is 0 Å². The molecule has 8 nitrogen and oxygen atoms in total. The van der Waals surface area contributed by atoms with Gasteiger partial charge in [-0.05, 0) is 32.0 Å². The summed E-state index contributed by atoms with van der Waals surface area (Å²) < 4.78 is 32.1. The van der Waals surface area contributed by atoms with Gasteiger partial charge in [-0.1, -0.05) is 18.2 Å². The number of benzene rings is 1. The lowest BCUT2D eigenvalue weighted by Gasteiger charge is -2.13. The second-order valence-electron chi connectivity index (χ2n) is 6.49. The zero-order valence-corrected chi connectivity index (χ0v) is 16.5. The number of nitrogens with one attached hydrogen (secondary N) is 2. The Morgan fingerprint density at radius 2 is 2.04 bits per heavy atom. The second kappa shape index (κ2) is 8.39. The number of carbonyl (C=O) groups excluding carboxylic acids is 1. The van der Waals surface area contributed by atoms with Crippen molar-refractivity contribution in [1.29, 1.82) is 0 Å². The van der Waals surface area contributed by atoms with Crippen LogP contribution in [0.15, 0.2) is 52.5 Å². The fourth-order valence-corrected chi connectivity index (χ4v) is 3.94. The van der Waals surface area contributed by atoms with Crippen molar-refractivity contribution in [3.05, 3.63) is 53.7 Å². The number of fused-ring (bicyclic) bond motifs is 1. The third-order valence-electron chi connectivity index (χ3n) is 3.94. The monoisotopic (exact) mass is 402 g/mol. The summed E-state index contributed by atoms with van der Waals surface area (Å²) in [6.07, 6.45) is 1.76. The Balaban J connectivity index is 1.56. The van der Waals surface area contributed by atoms with E-state index < -0.39 is 10.0 Å². The third kappa shape index (κ3) is 4.66. The van der Waals surface area contributed by atoms with E-state index in [-0.39, 0.29) is 35.7 Å². The number of ether oxygens (including phenoxy) is 1. The minimum absolute atomic E-state index is 0.0155. The Morgan fingerprint density at radius 3 is 2.82 bits per heavy atom. The number of nitrogens with zero attached hydrogens (tertiary/aromatic N) is 2. The first-order valence-corrected chi connectivity index (χ1v) is 10.4. The predicted octanol–water partition coefficient (Wildman–Crippen LogP) is 1.61. The maximum atomic E-state index is 12.1. The topological polar surface area (TPSA) is 110 Å². The molecule has 148 valence electrons. The fourth-order valence-electron chi connectivity index (χ4n) is 2.69. The highest BCUT2D eigenvalue weighted by Gasteiger charge is 2.29. The molecule has 0 spiro atoms. The number of aromatic nitrogens is 1. The van der Waals surface area contributed by atoms with E-state index in [2.05, 4.69) is 20.0 Å². The van der Waals surface area contributed by atoms with Crippen LogP contribution in [0.5, 0.6) is 5.88 Å². The maximum Gasteiger partial charge on any atom is 0.263 e. The van der Waals surface area contributed by atoms with E-state index in [1.54, 1.807) is 30.5 Å². The van der Waals surface area contributed by atoms with Gasteiger partial charge in [0.2, 0.25) is 11.8 Å². The van der Waals surface area contributed by atoms with Crippen LogP contribution in [0.1, 0.15) is 31.4 Å². The maximum absolute atomic E-state index is 12.1. The molecule has 0 fully saturated rings. The van der Waals surface area contributed by atoms with Gasteiger partial charge in [0.15, 0.2) is 0 Å². The van der Waals surface area contributed by atoms with Gasteiger partial charge in [0.05, 0.1) is 17.5 Å². The van der Waals surface area contributed by atoms with Gasteiger partial charge in [0.25, 0.3) is 10.0 Å². The third-order valence-corrected chi connectivity index (χ3v) is 5.34. The molecule has 9 heteroatoms. The first kappa shape index (κ1) is 19.8. The number of rotatable bonds is 7. The Kier molecular flexibility index (Phi) is 5.93. The van der Waals surface area contributed by atoms with Gasteiger partial charge in [-0.25, -0.2) is 13.4 Å². The van der Waals surface area contributed by atoms with Crippen molar-refractivity contribution in [1.82, 2.24) is 15.0 Å². The molecule has 2 heterocycles. The molecule has 0 radical (unpaired) electrons. The van der Waals surface area contributed by atoms with Crippen LogP contribution in [-0.4, -0.2) is 37.8 Å². The van der Waals surface area contributed by atoms with Crippen LogP contribution in [0.3, 0.4) is 0 Å². The molecule has 1 aromatic heterocycles. The highest BCUT2D eigenvalue weighted by molar-refractivity contribution is 7.90. The number of hydrogen-bond donors (Lipinski definition) is 2. The number of amides is 1. The summed E-state index contributed by atoms with van der Waals surface area (Å²) in [5.74, 6) is 0.566. The average Bonchev–Trinajstić information content (AvgIpc) is 2.91. The summed E-state index contributed by atoms with van der Waals surface area (Å²) in [4.78, 5) is 20.7. The average molecular weight is 402 g/mol. The van der Waals surface area contributed by atoms with Gasteiger partial charge in [-0.2, -0.15) is 0 Å². The van der Waals surface area contributed by atoms with Crippen LogP contribution in [0.4, 0.5) is 0 Å². The van der Waals surface area contributed by atoms with Gasteiger partial charge in [0.1, 0.15) is 5.84 Å². The molecule has 0 saturated heterocycles. The zero-order chi connectivity index (χ0) is 20.1. The molecule has 0 saturated carbocycles. The van der Waals surface area contributed by atoms with Gasteiger partial charge in [0, 0.05) is 30.3 Å². The van der Waals surface area contributed by atoms with Crippen LogP contribution in [0.2, 0.25) is 0 Å². The van der Waals surface area contributed by atoms with Crippen molar-refractivity contribution in [3.63, 3.8) is 0 Å². The summed E-state index contributed by atoms with van der Waals surface area (Å²) in [6, 6.07) is 10.2. The molecule has 3 rings (SSSR count). The van der Waals surface area contributed by atoms with Gasteiger partial charge in [-0.3, -0.25) is 14.5 Å². The van der Waals surface area contributed by atoms with E-state index in [1.807, 2.05) is 19.9 Å². The van der Waals surface area contributed by atoms with Crippen molar-refractivity contribution < 1.29 is 17.9 Å². The minimum Gasteiger partial charge on any atom is -0.475 e. The smallest absolute Gasteiger partial charge is 0.263 e. The predicted molar refractivity (Wildman–Crippen MR) is 105 cm³/mol. The second-order valence-corrected chi connectivity index (χ2v) is 8.14. The van der Waals surface area contributed by atoms with Crippen LogP contribution in [-0.2, 0) is 21.4 Å². The SMILES string of the molecule is CC(C)Oc1ncccc1CNC(=O)CCN=C1NS(=O)(=O)c2ccccc21. The first-order chi connectivity index (χ1) is 13.4. The summed E-state index contributed by atoms with van der Waals surface area (Å²) in [7, 11) is -3.57. The quantitative estimate of drug-likeness (QED) is 0.731. The van der Waals surface area contributed by atoms with Crippen LogP contribution in [0, 0.1) is 0 Å². The lowest BCUT2D eigenvalue weighted by atomic mass is 10.2. The van der Waals surface area contributed by atoms with Gasteiger partial charge >= 0.3 is 0 Å². The number of amidine groups is 1. The highest BCUT2D eigenvalue weighted by Crippen LogP contribution is 2.22. The van der Waals surface area contributed by atoms with Crippen molar-refractivity contribution >= 4 is 21.8 Å². The molecule has 28 heavy (non-hydrogen) atoms. The van der Waals surface area contributed by atoms with E-state index in [0.29, 0.717) is 18.0 Å². The normalized spacial score (nSPS) is 15.9. The minimum atomic E-state index is -3.57. The van der Waals surface area contributed by atoms with E-state index in [1.165, 1.54) is 6.07 Å². The van der Waals surface area contributed by atoms with Crippen molar-refractivity contribution in [2.45, 2.75) is 37.8 Å². The van der Waals surface area contributed by atoms with E-state index in [4.69, 9.17) is 4.74 Å². The zero-order valence-electron chi connectivity index (χ0n) is 15.7. The Labute approximate surface area is 164 Å². The van der Waals surface area contributed by atoms with Crippen molar-refractivity contribution in [2.75, 3.05) is 6.54 Å². The fraction of sp³-hybridized carbons (Fsp3) is 0.316. The number of hydrogen-bond acceptors (Lipinski definition) is 6. The Morgan fingerprint density at radius 1 is 1.25 bits per heavy atom. The highest BCUT2D eigenvalue weighted by atomic mass is 32.2. The number of sulfonamides is 1. The lowest BCUT2D eigenvalue weighted by Crippen LogP contribution is -2.25. The lowest BCUT2D eigenvalue weighted by molar-refractivity contribution is -0.121. The van der Waals surface area contributed by atoms with E-state index in [0.717, 1.165) is 5.56 Å². The van der Waals surface area contributed by atoms with Crippen molar-refractivity contribution in [2.24, 2.45) is 4.99 Å². The molecule has 0 aliphatic carbocycles. The summed E-state index contributed by atoms with van der Waals surface area (Å²) in [6.45, 7) is 4.28.